The summed E-state index contributed by atoms with van der Waals surface area (Å²) in [4.78, 5) is 28.0. The number of esters is 1. The molecule has 0 bridgehead atoms. The van der Waals surface area contributed by atoms with Crippen LogP contribution in [0.25, 0.3) is 10.9 Å². The Morgan fingerprint density at radius 2 is 1.79 bits per heavy atom. The highest BCUT2D eigenvalue weighted by Crippen LogP contribution is 2.22. The monoisotopic (exact) mass is 321 g/mol. The van der Waals surface area contributed by atoms with Crippen molar-refractivity contribution in [1.29, 1.82) is 0 Å². The van der Waals surface area contributed by atoms with Gasteiger partial charge in [0.2, 0.25) is 5.78 Å². The van der Waals surface area contributed by atoms with E-state index in [9.17, 15) is 9.59 Å². The van der Waals surface area contributed by atoms with Gasteiger partial charge in [-0.15, -0.1) is 0 Å². The van der Waals surface area contributed by atoms with Crippen LogP contribution in [0.3, 0.4) is 0 Å². The number of H-pyrrole nitrogens is 1. The van der Waals surface area contributed by atoms with Gasteiger partial charge in [-0.05, 0) is 38.5 Å². The molecule has 2 aromatic carbocycles. The fourth-order valence-electron chi connectivity index (χ4n) is 2.87. The number of hydrogen-bond donors (Lipinski definition) is 1. The lowest BCUT2D eigenvalue weighted by Crippen LogP contribution is -2.15. The molecule has 1 aromatic heterocycles. The van der Waals surface area contributed by atoms with Gasteiger partial charge in [0.25, 0.3) is 0 Å². The number of aromatic amines is 1. The molecule has 4 nitrogen and oxygen atoms in total. The van der Waals surface area contributed by atoms with E-state index in [-0.39, 0.29) is 12.4 Å². The zero-order chi connectivity index (χ0) is 17.3. The third-order valence-electron chi connectivity index (χ3n) is 4.12. The van der Waals surface area contributed by atoms with E-state index in [1.165, 1.54) is 0 Å². The Morgan fingerprint density at radius 1 is 1.04 bits per heavy atom. The van der Waals surface area contributed by atoms with Crippen LogP contribution in [0.15, 0.2) is 42.5 Å². The first-order chi connectivity index (χ1) is 11.5. The van der Waals surface area contributed by atoms with E-state index in [2.05, 4.69) is 4.98 Å². The van der Waals surface area contributed by atoms with Gasteiger partial charge < -0.3 is 9.72 Å². The van der Waals surface area contributed by atoms with Crippen LogP contribution in [0, 0.1) is 20.8 Å². The van der Waals surface area contributed by atoms with E-state index < -0.39 is 5.97 Å². The molecule has 0 saturated heterocycles. The van der Waals surface area contributed by atoms with E-state index >= 15 is 0 Å². The lowest BCUT2D eigenvalue weighted by atomic mass is 10.1. The van der Waals surface area contributed by atoms with Gasteiger partial charge >= 0.3 is 5.97 Å². The number of ketones is 1. The molecule has 1 N–H and O–H groups in total. The standard InChI is InChI=1S/C20H19NO3/c1-12-8-9-13(2)16(10-12)20(23)24-11-18(22)19-14(3)21-17-7-5-4-6-15(17)19/h4-10,21H,11H2,1-3H3. The average Bonchev–Trinajstić information content (AvgIpc) is 2.90. The second kappa shape index (κ2) is 6.32. The number of nitrogens with one attached hydrogen (secondary N) is 1. The van der Waals surface area contributed by atoms with Gasteiger partial charge in [-0.2, -0.15) is 0 Å². The summed E-state index contributed by atoms with van der Waals surface area (Å²) < 4.78 is 5.25. The van der Waals surface area contributed by atoms with Crippen molar-refractivity contribution in [2.24, 2.45) is 0 Å². The third kappa shape index (κ3) is 2.95. The number of hydrogen-bond acceptors (Lipinski definition) is 3. The van der Waals surface area contributed by atoms with Gasteiger partial charge in [-0.3, -0.25) is 4.79 Å². The third-order valence-corrected chi connectivity index (χ3v) is 4.12. The summed E-state index contributed by atoms with van der Waals surface area (Å²) >= 11 is 0. The number of carbonyl (C=O) groups excluding carboxylic acids is 2. The SMILES string of the molecule is Cc1ccc(C)c(C(=O)OCC(=O)c2c(C)[nH]c3ccccc23)c1. The van der Waals surface area contributed by atoms with Crippen molar-refractivity contribution in [1.82, 2.24) is 4.98 Å². The van der Waals surface area contributed by atoms with E-state index in [4.69, 9.17) is 4.74 Å². The maximum absolute atomic E-state index is 12.5. The van der Waals surface area contributed by atoms with Crippen LogP contribution in [-0.2, 0) is 4.74 Å². The molecule has 0 atom stereocenters. The van der Waals surface area contributed by atoms with E-state index in [0.717, 1.165) is 27.7 Å². The minimum Gasteiger partial charge on any atom is -0.454 e. The van der Waals surface area contributed by atoms with E-state index in [1.807, 2.05) is 57.2 Å². The fraction of sp³-hybridized carbons (Fsp3) is 0.200. The fourth-order valence-corrected chi connectivity index (χ4v) is 2.87. The zero-order valence-electron chi connectivity index (χ0n) is 14.0. The van der Waals surface area contributed by atoms with Crippen molar-refractivity contribution in [3.8, 4) is 0 Å². The number of aryl methyl sites for hydroxylation is 3. The summed E-state index contributed by atoms with van der Waals surface area (Å²) in [6.07, 6.45) is 0. The molecular weight excluding hydrogens is 302 g/mol. The van der Waals surface area contributed by atoms with Crippen LogP contribution >= 0.6 is 0 Å². The number of ether oxygens (including phenoxy) is 1. The number of para-hydroxylation sites is 1. The predicted octanol–water partition coefficient (Wildman–Crippen LogP) is 4.13. The average molecular weight is 321 g/mol. The largest absolute Gasteiger partial charge is 0.454 e. The zero-order valence-corrected chi connectivity index (χ0v) is 14.0. The molecule has 0 aliphatic rings. The van der Waals surface area contributed by atoms with Gasteiger partial charge in [0.15, 0.2) is 6.61 Å². The van der Waals surface area contributed by atoms with E-state index in [0.29, 0.717) is 11.1 Å². The topological polar surface area (TPSA) is 59.2 Å². The second-order valence-corrected chi connectivity index (χ2v) is 5.99. The Hall–Kier alpha value is -2.88. The van der Waals surface area contributed by atoms with Crippen molar-refractivity contribution in [3.05, 3.63) is 70.4 Å². The Kier molecular flexibility index (Phi) is 4.21. The highest BCUT2D eigenvalue weighted by Gasteiger charge is 2.18. The summed E-state index contributed by atoms with van der Waals surface area (Å²) in [7, 11) is 0. The predicted molar refractivity (Wildman–Crippen MR) is 93.6 cm³/mol. The van der Waals surface area contributed by atoms with Crippen molar-refractivity contribution >= 4 is 22.7 Å². The number of fused-ring (bicyclic) bond motifs is 1. The minimum atomic E-state index is -0.470. The van der Waals surface area contributed by atoms with Crippen molar-refractivity contribution < 1.29 is 14.3 Å². The molecule has 24 heavy (non-hydrogen) atoms. The first-order valence-corrected chi connectivity index (χ1v) is 7.82. The quantitative estimate of drug-likeness (QED) is 0.580. The maximum atomic E-state index is 12.5. The molecule has 0 radical (unpaired) electrons. The summed E-state index contributed by atoms with van der Waals surface area (Å²) in [6, 6.07) is 13.2. The van der Waals surface area contributed by atoms with Gasteiger partial charge in [-0.25, -0.2) is 4.79 Å². The van der Waals surface area contributed by atoms with Gasteiger partial charge in [-0.1, -0.05) is 35.9 Å². The number of rotatable bonds is 4. The summed E-state index contributed by atoms with van der Waals surface area (Å²) in [5.74, 6) is -0.675. The van der Waals surface area contributed by atoms with Crippen molar-refractivity contribution in [3.63, 3.8) is 0 Å². The highest BCUT2D eigenvalue weighted by molar-refractivity contribution is 6.10. The molecule has 4 heteroatoms. The van der Waals surface area contributed by atoms with Crippen LogP contribution in [0.5, 0.6) is 0 Å². The number of aromatic nitrogens is 1. The maximum Gasteiger partial charge on any atom is 0.338 e. The van der Waals surface area contributed by atoms with E-state index in [1.54, 1.807) is 6.07 Å². The lowest BCUT2D eigenvalue weighted by molar-refractivity contribution is 0.0474. The molecule has 1 heterocycles. The highest BCUT2D eigenvalue weighted by atomic mass is 16.5. The van der Waals surface area contributed by atoms with Crippen LogP contribution in [0.1, 0.15) is 37.5 Å². The molecule has 0 spiro atoms. The first kappa shape index (κ1) is 16.0. The lowest BCUT2D eigenvalue weighted by Gasteiger charge is -2.08. The normalized spacial score (nSPS) is 10.8. The number of Topliss-reactive ketones (excluding diaryl/α,β-unsaturated/α-hetero) is 1. The molecule has 3 rings (SSSR count). The molecule has 0 unspecified atom stereocenters. The Bertz CT molecular complexity index is 937. The van der Waals surface area contributed by atoms with Crippen LogP contribution in [-0.4, -0.2) is 23.3 Å². The molecule has 122 valence electrons. The number of benzene rings is 2. The van der Waals surface area contributed by atoms with Gasteiger partial charge in [0.05, 0.1) is 5.56 Å². The Morgan fingerprint density at radius 3 is 2.58 bits per heavy atom. The molecule has 0 aliphatic heterocycles. The molecule has 0 saturated carbocycles. The first-order valence-electron chi connectivity index (χ1n) is 7.82. The molecule has 0 aliphatic carbocycles. The minimum absolute atomic E-state index is 0.205. The molecule has 0 fully saturated rings. The summed E-state index contributed by atoms with van der Waals surface area (Å²) in [5.41, 5.74) is 4.58. The van der Waals surface area contributed by atoms with Gasteiger partial charge in [0, 0.05) is 22.2 Å². The second-order valence-electron chi connectivity index (χ2n) is 5.99. The van der Waals surface area contributed by atoms with Crippen LogP contribution in [0.4, 0.5) is 0 Å². The van der Waals surface area contributed by atoms with Crippen molar-refractivity contribution in [2.75, 3.05) is 6.61 Å². The van der Waals surface area contributed by atoms with Crippen LogP contribution < -0.4 is 0 Å². The number of carbonyl (C=O) groups is 2. The molecule has 3 aromatic rings. The van der Waals surface area contributed by atoms with Crippen molar-refractivity contribution in [2.45, 2.75) is 20.8 Å². The van der Waals surface area contributed by atoms with Gasteiger partial charge in [0.1, 0.15) is 0 Å². The summed E-state index contributed by atoms with van der Waals surface area (Å²) in [6.45, 7) is 5.34. The van der Waals surface area contributed by atoms with Crippen LogP contribution in [0.2, 0.25) is 0 Å². The Labute approximate surface area is 140 Å². The summed E-state index contributed by atoms with van der Waals surface area (Å²) in [5, 5.41) is 0.850. The molecule has 0 amide bonds. The Balaban J connectivity index is 1.79. The molecular formula is C20H19NO3. The smallest absolute Gasteiger partial charge is 0.338 e.